The van der Waals surface area contributed by atoms with E-state index in [-0.39, 0.29) is 0 Å². The van der Waals surface area contributed by atoms with Crippen LogP contribution >= 0.6 is 0 Å². The van der Waals surface area contributed by atoms with Crippen LogP contribution in [0.1, 0.15) is 65.2 Å². The predicted molar refractivity (Wildman–Crippen MR) is 67.6 cm³/mol. The highest BCUT2D eigenvalue weighted by Crippen LogP contribution is 2.15. The number of allylic oxidation sites excluding steroid dienone is 2. The van der Waals surface area contributed by atoms with E-state index >= 15 is 0 Å². The van der Waals surface area contributed by atoms with Gasteiger partial charge in [0, 0.05) is 12.8 Å². The lowest BCUT2D eigenvalue weighted by molar-refractivity contribution is 0.275. The van der Waals surface area contributed by atoms with Crippen molar-refractivity contribution in [2.24, 2.45) is 0 Å². The topological polar surface area (TPSA) is 9.23 Å². The van der Waals surface area contributed by atoms with E-state index in [0.29, 0.717) is 0 Å². The van der Waals surface area contributed by atoms with Crippen molar-refractivity contribution in [2.75, 3.05) is 0 Å². The van der Waals surface area contributed by atoms with Gasteiger partial charge < -0.3 is 4.74 Å². The van der Waals surface area contributed by atoms with Crippen molar-refractivity contribution in [3.63, 3.8) is 0 Å². The zero-order chi connectivity index (χ0) is 11.5. The lowest BCUT2D eigenvalue weighted by Crippen LogP contribution is -1.92. The average Bonchev–Trinajstić information content (AvgIpc) is 2.21. The molecule has 88 valence electrons. The van der Waals surface area contributed by atoms with E-state index in [0.717, 1.165) is 30.8 Å². The molecule has 0 fully saturated rings. The summed E-state index contributed by atoms with van der Waals surface area (Å²) >= 11 is 0. The Morgan fingerprint density at radius 3 is 1.87 bits per heavy atom. The molecule has 0 rings (SSSR count). The maximum Gasteiger partial charge on any atom is 0.0964 e. The van der Waals surface area contributed by atoms with Gasteiger partial charge in [-0.05, 0) is 12.8 Å². The van der Waals surface area contributed by atoms with Crippen LogP contribution in [0.4, 0.5) is 0 Å². The molecule has 0 saturated heterocycles. The second kappa shape index (κ2) is 9.82. The molecule has 1 heteroatoms. The number of hydrogen-bond donors (Lipinski definition) is 0. The highest BCUT2D eigenvalue weighted by molar-refractivity contribution is 4.93. The minimum atomic E-state index is 0.873. The van der Waals surface area contributed by atoms with E-state index in [1.165, 1.54) is 32.1 Å². The van der Waals surface area contributed by atoms with Crippen LogP contribution < -0.4 is 0 Å². The largest absolute Gasteiger partial charge is 0.467 e. The zero-order valence-electron chi connectivity index (χ0n) is 10.5. The van der Waals surface area contributed by atoms with Crippen molar-refractivity contribution < 1.29 is 4.74 Å². The molecule has 0 aliphatic rings. The van der Waals surface area contributed by atoms with E-state index in [1.54, 1.807) is 0 Å². The van der Waals surface area contributed by atoms with Crippen molar-refractivity contribution in [3.8, 4) is 0 Å². The molecule has 0 N–H and O–H groups in total. The summed E-state index contributed by atoms with van der Waals surface area (Å²) in [6, 6.07) is 0. The van der Waals surface area contributed by atoms with Crippen LogP contribution in [0.5, 0.6) is 0 Å². The van der Waals surface area contributed by atoms with E-state index in [1.807, 2.05) is 0 Å². The first-order chi connectivity index (χ1) is 7.20. The third-order valence-corrected chi connectivity index (χ3v) is 2.41. The van der Waals surface area contributed by atoms with E-state index in [2.05, 4.69) is 27.0 Å². The van der Waals surface area contributed by atoms with Gasteiger partial charge in [0.1, 0.15) is 0 Å². The molecule has 0 atom stereocenters. The van der Waals surface area contributed by atoms with Crippen molar-refractivity contribution in [2.45, 2.75) is 65.2 Å². The van der Waals surface area contributed by atoms with Crippen molar-refractivity contribution in [1.29, 1.82) is 0 Å². The van der Waals surface area contributed by atoms with Gasteiger partial charge in [-0.15, -0.1) is 0 Å². The quantitative estimate of drug-likeness (QED) is 0.356. The smallest absolute Gasteiger partial charge is 0.0964 e. The Balaban J connectivity index is 3.43. The molecule has 0 aromatic rings. The normalized spacial score (nSPS) is 10.0. The van der Waals surface area contributed by atoms with E-state index < -0.39 is 0 Å². The average molecular weight is 210 g/mol. The van der Waals surface area contributed by atoms with Crippen molar-refractivity contribution in [1.82, 2.24) is 0 Å². The van der Waals surface area contributed by atoms with Gasteiger partial charge >= 0.3 is 0 Å². The number of ether oxygens (including phenoxy) is 1. The van der Waals surface area contributed by atoms with Crippen LogP contribution in [-0.4, -0.2) is 0 Å². The van der Waals surface area contributed by atoms with Crippen molar-refractivity contribution >= 4 is 0 Å². The van der Waals surface area contributed by atoms with Gasteiger partial charge in [0.2, 0.25) is 0 Å². The van der Waals surface area contributed by atoms with Gasteiger partial charge in [-0.3, -0.25) is 0 Å². The molecular weight excluding hydrogens is 184 g/mol. The molecule has 15 heavy (non-hydrogen) atoms. The van der Waals surface area contributed by atoms with Gasteiger partial charge in [0.15, 0.2) is 0 Å². The highest BCUT2D eigenvalue weighted by Gasteiger charge is 1.99. The first-order valence-corrected chi connectivity index (χ1v) is 6.24. The minimum Gasteiger partial charge on any atom is -0.467 e. The number of hydrogen-bond acceptors (Lipinski definition) is 1. The van der Waals surface area contributed by atoms with Crippen LogP contribution in [0.25, 0.3) is 0 Å². The Bertz CT molecular complexity index is 182. The lowest BCUT2D eigenvalue weighted by Gasteiger charge is -2.10. The van der Waals surface area contributed by atoms with Crippen LogP contribution in [0.2, 0.25) is 0 Å². The summed E-state index contributed by atoms with van der Waals surface area (Å²) < 4.78 is 5.54. The first kappa shape index (κ1) is 14.3. The number of unbranched alkanes of at least 4 members (excludes halogenated alkanes) is 4. The SMILES string of the molecule is C=C(CCCC)OC(=C)CCCCCC. The van der Waals surface area contributed by atoms with E-state index in [4.69, 9.17) is 4.74 Å². The van der Waals surface area contributed by atoms with Gasteiger partial charge in [0.05, 0.1) is 11.5 Å². The Kier molecular flexibility index (Phi) is 9.35. The fourth-order valence-electron chi connectivity index (χ4n) is 1.43. The lowest BCUT2D eigenvalue weighted by atomic mass is 10.1. The fourth-order valence-corrected chi connectivity index (χ4v) is 1.43. The molecule has 0 aliphatic heterocycles. The maximum absolute atomic E-state index is 5.54. The number of rotatable bonds is 10. The fraction of sp³-hybridized carbons (Fsp3) is 0.714. The summed E-state index contributed by atoms with van der Waals surface area (Å²) in [5.41, 5.74) is 0. The van der Waals surface area contributed by atoms with Gasteiger partial charge in [0.25, 0.3) is 0 Å². The van der Waals surface area contributed by atoms with Gasteiger partial charge in [-0.25, -0.2) is 0 Å². The summed E-state index contributed by atoms with van der Waals surface area (Å²) in [6.45, 7) is 12.2. The summed E-state index contributed by atoms with van der Waals surface area (Å²) in [6.07, 6.45) is 9.33. The molecule has 0 heterocycles. The van der Waals surface area contributed by atoms with Crippen LogP contribution in [-0.2, 0) is 4.74 Å². The molecule has 1 nitrogen and oxygen atoms in total. The molecule has 0 amide bonds. The molecular formula is C14H26O. The molecule has 0 spiro atoms. The third-order valence-electron chi connectivity index (χ3n) is 2.41. The van der Waals surface area contributed by atoms with Gasteiger partial charge in [-0.1, -0.05) is 52.7 Å². The minimum absolute atomic E-state index is 0.873. The monoisotopic (exact) mass is 210 g/mol. The Labute approximate surface area is 95.2 Å². The van der Waals surface area contributed by atoms with Crippen molar-refractivity contribution in [3.05, 3.63) is 24.7 Å². The molecule has 0 aromatic carbocycles. The first-order valence-electron chi connectivity index (χ1n) is 6.24. The maximum atomic E-state index is 5.54. The second-order valence-corrected chi connectivity index (χ2v) is 4.09. The van der Waals surface area contributed by atoms with E-state index in [9.17, 15) is 0 Å². The summed E-state index contributed by atoms with van der Waals surface area (Å²) in [5.74, 6) is 1.75. The Morgan fingerprint density at radius 2 is 1.33 bits per heavy atom. The van der Waals surface area contributed by atoms with Crippen LogP contribution in [0, 0.1) is 0 Å². The van der Waals surface area contributed by atoms with Crippen LogP contribution in [0.15, 0.2) is 24.7 Å². The summed E-state index contributed by atoms with van der Waals surface area (Å²) in [5, 5.41) is 0. The summed E-state index contributed by atoms with van der Waals surface area (Å²) in [4.78, 5) is 0. The molecule has 0 unspecified atom stereocenters. The Hall–Kier alpha value is -0.720. The highest BCUT2D eigenvalue weighted by atomic mass is 16.5. The predicted octanol–water partition coefficient (Wildman–Crippen LogP) is 5.19. The molecule has 0 saturated carbocycles. The molecule has 0 bridgehead atoms. The molecule has 0 aliphatic carbocycles. The molecule has 0 aromatic heterocycles. The third kappa shape index (κ3) is 9.58. The Morgan fingerprint density at radius 1 is 0.800 bits per heavy atom. The standard InChI is InChI=1S/C14H26O/c1-5-7-9-10-12-14(4)15-13(3)11-8-6-2/h3-12H2,1-2H3. The zero-order valence-corrected chi connectivity index (χ0v) is 10.5. The summed E-state index contributed by atoms with van der Waals surface area (Å²) in [7, 11) is 0. The van der Waals surface area contributed by atoms with Gasteiger partial charge in [-0.2, -0.15) is 0 Å². The van der Waals surface area contributed by atoms with Crippen LogP contribution in [0.3, 0.4) is 0 Å². The molecule has 0 radical (unpaired) electrons. The second-order valence-electron chi connectivity index (χ2n) is 4.09.